The van der Waals surface area contributed by atoms with Crippen molar-refractivity contribution in [3.8, 4) is 0 Å². The number of nitrogens with zero attached hydrogens (tertiary/aromatic N) is 1. The van der Waals surface area contributed by atoms with Crippen molar-refractivity contribution in [2.24, 2.45) is 0 Å². The molecule has 0 aliphatic rings. The molecule has 0 aliphatic carbocycles. The maximum atomic E-state index is 13.9. The van der Waals surface area contributed by atoms with Gasteiger partial charge in [0.15, 0.2) is 0 Å². The SMILES string of the molecule is CCCNCc1ccc(N(C)CCC)c(F)c1. The molecule has 3 heteroatoms. The Labute approximate surface area is 104 Å². The number of rotatable bonds is 7. The first-order valence-electron chi connectivity index (χ1n) is 6.39. The van der Waals surface area contributed by atoms with E-state index in [9.17, 15) is 4.39 Å². The van der Waals surface area contributed by atoms with Crippen LogP contribution in [-0.2, 0) is 6.54 Å². The minimum absolute atomic E-state index is 0.128. The van der Waals surface area contributed by atoms with E-state index in [0.717, 1.165) is 38.0 Å². The van der Waals surface area contributed by atoms with Crippen LogP contribution in [0.2, 0.25) is 0 Å². The van der Waals surface area contributed by atoms with Crippen LogP contribution < -0.4 is 10.2 Å². The summed E-state index contributed by atoms with van der Waals surface area (Å²) in [4.78, 5) is 1.96. The molecule has 2 nitrogen and oxygen atoms in total. The third kappa shape index (κ3) is 4.35. The molecule has 1 rings (SSSR count). The van der Waals surface area contributed by atoms with Crippen LogP contribution in [0.25, 0.3) is 0 Å². The Morgan fingerprint density at radius 1 is 1.24 bits per heavy atom. The molecule has 0 amide bonds. The summed E-state index contributed by atoms with van der Waals surface area (Å²) < 4.78 is 13.9. The summed E-state index contributed by atoms with van der Waals surface area (Å²) in [6, 6.07) is 5.49. The Morgan fingerprint density at radius 2 is 2.00 bits per heavy atom. The lowest BCUT2D eigenvalue weighted by atomic mass is 10.2. The predicted octanol–water partition coefficient (Wildman–Crippen LogP) is 3.17. The second-order valence-corrected chi connectivity index (χ2v) is 4.38. The molecule has 0 radical (unpaired) electrons. The zero-order valence-corrected chi connectivity index (χ0v) is 11.1. The van der Waals surface area contributed by atoms with Gasteiger partial charge in [-0.15, -0.1) is 0 Å². The highest BCUT2D eigenvalue weighted by Gasteiger charge is 2.07. The molecular formula is C14H23FN2. The van der Waals surface area contributed by atoms with Crippen molar-refractivity contribution >= 4 is 5.69 Å². The highest BCUT2D eigenvalue weighted by atomic mass is 19.1. The summed E-state index contributed by atoms with van der Waals surface area (Å²) in [7, 11) is 1.93. The van der Waals surface area contributed by atoms with Crippen LogP contribution in [0.4, 0.5) is 10.1 Å². The van der Waals surface area contributed by atoms with Gasteiger partial charge in [-0.05, 0) is 37.1 Å². The summed E-state index contributed by atoms with van der Waals surface area (Å²) in [6.45, 7) is 6.81. The van der Waals surface area contributed by atoms with Crippen LogP contribution in [0.15, 0.2) is 18.2 Å². The fourth-order valence-corrected chi connectivity index (χ4v) is 1.84. The van der Waals surface area contributed by atoms with Crippen LogP contribution in [0.1, 0.15) is 32.3 Å². The fraction of sp³-hybridized carbons (Fsp3) is 0.571. The van der Waals surface area contributed by atoms with Gasteiger partial charge in [-0.1, -0.05) is 19.9 Å². The average molecular weight is 238 g/mol. The standard InChI is InChI=1S/C14H23FN2/c1-4-8-16-11-12-6-7-14(13(15)10-12)17(3)9-5-2/h6-7,10,16H,4-5,8-9,11H2,1-3H3. The molecule has 1 aromatic carbocycles. The molecule has 0 atom stereocenters. The van der Waals surface area contributed by atoms with Crippen LogP contribution >= 0.6 is 0 Å². The molecule has 1 aromatic rings. The Hall–Kier alpha value is -1.09. The van der Waals surface area contributed by atoms with Crippen LogP contribution in [-0.4, -0.2) is 20.1 Å². The number of hydrogen-bond donors (Lipinski definition) is 1. The second kappa shape index (κ2) is 7.28. The Morgan fingerprint density at radius 3 is 2.59 bits per heavy atom. The quantitative estimate of drug-likeness (QED) is 0.734. The highest BCUT2D eigenvalue weighted by Crippen LogP contribution is 2.19. The molecule has 0 unspecified atom stereocenters. The van der Waals surface area contributed by atoms with Crippen LogP contribution in [0.5, 0.6) is 0 Å². The van der Waals surface area contributed by atoms with Gasteiger partial charge >= 0.3 is 0 Å². The van der Waals surface area contributed by atoms with Crippen molar-refractivity contribution < 1.29 is 4.39 Å². The van der Waals surface area contributed by atoms with E-state index < -0.39 is 0 Å². The molecule has 0 saturated heterocycles. The van der Waals surface area contributed by atoms with E-state index in [1.54, 1.807) is 6.07 Å². The summed E-state index contributed by atoms with van der Waals surface area (Å²) in [5, 5.41) is 3.27. The van der Waals surface area contributed by atoms with Crippen molar-refractivity contribution in [2.75, 3.05) is 25.0 Å². The maximum absolute atomic E-state index is 13.9. The molecule has 0 aromatic heterocycles. The molecule has 96 valence electrons. The molecule has 0 heterocycles. The van der Waals surface area contributed by atoms with Crippen LogP contribution in [0.3, 0.4) is 0 Å². The smallest absolute Gasteiger partial charge is 0.146 e. The van der Waals surface area contributed by atoms with Gasteiger partial charge in [0.2, 0.25) is 0 Å². The van der Waals surface area contributed by atoms with Gasteiger partial charge < -0.3 is 10.2 Å². The fourth-order valence-electron chi connectivity index (χ4n) is 1.84. The molecule has 0 bridgehead atoms. The first kappa shape index (κ1) is 14.0. The lowest BCUT2D eigenvalue weighted by Gasteiger charge is -2.19. The molecule has 0 fully saturated rings. The van der Waals surface area contributed by atoms with E-state index in [1.165, 1.54) is 0 Å². The van der Waals surface area contributed by atoms with Crippen molar-refractivity contribution in [1.82, 2.24) is 5.32 Å². The van der Waals surface area contributed by atoms with Crippen molar-refractivity contribution in [1.29, 1.82) is 0 Å². The van der Waals surface area contributed by atoms with Crippen molar-refractivity contribution in [2.45, 2.75) is 33.2 Å². The average Bonchev–Trinajstić information content (AvgIpc) is 2.29. The lowest BCUT2D eigenvalue weighted by molar-refractivity contribution is 0.614. The predicted molar refractivity (Wildman–Crippen MR) is 72.0 cm³/mol. The first-order valence-corrected chi connectivity index (χ1v) is 6.39. The minimum Gasteiger partial charge on any atom is -0.372 e. The topological polar surface area (TPSA) is 15.3 Å². The molecule has 0 saturated carbocycles. The number of halogens is 1. The van der Waals surface area contributed by atoms with Crippen molar-refractivity contribution in [3.63, 3.8) is 0 Å². The van der Waals surface area contributed by atoms with E-state index >= 15 is 0 Å². The van der Waals surface area contributed by atoms with Gasteiger partial charge in [0.05, 0.1) is 5.69 Å². The van der Waals surface area contributed by atoms with Crippen LogP contribution in [0, 0.1) is 5.82 Å². The molecule has 17 heavy (non-hydrogen) atoms. The van der Waals surface area contributed by atoms with Gasteiger partial charge in [-0.25, -0.2) is 4.39 Å². The number of benzene rings is 1. The minimum atomic E-state index is -0.128. The maximum Gasteiger partial charge on any atom is 0.146 e. The largest absolute Gasteiger partial charge is 0.372 e. The molecule has 0 aliphatic heterocycles. The molecule has 0 spiro atoms. The third-order valence-corrected chi connectivity index (χ3v) is 2.74. The van der Waals surface area contributed by atoms with E-state index in [1.807, 2.05) is 24.1 Å². The van der Waals surface area contributed by atoms with E-state index in [0.29, 0.717) is 5.69 Å². The number of nitrogens with one attached hydrogen (secondary N) is 1. The van der Waals surface area contributed by atoms with E-state index in [2.05, 4.69) is 19.2 Å². The second-order valence-electron chi connectivity index (χ2n) is 4.38. The number of hydrogen-bond acceptors (Lipinski definition) is 2. The zero-order chi connectivity index (χ0) is 12.7. The van der Waals surface area contributed by atoms with Gasteiger partial charge in [0, 0.05) is 20.1 Å². The highest BCUT2D eigenvalue weighted by molar-refractivity contribution is 5.48. The summed E-state index contributed by atoms with van der Waals surface area (Å²) >= 11 is 0. The first-order chi connectivity index (χ1) is 8.19. The normalized spacial score (nSPS) is 10.6. The summed E-state index contributed by atoms with van der Waals surface area (Å²) in [5.41, 5.74) is 1.69. The van der Waals surface area contributed by atoms with Gasteiger partial charge in [0.25, 0.3) is 0 Å². The Kier molecular flexibility index (Phi) is 5.98. The van der Waals surface area contributed by atoms with E-state index in [4.69, 9.17) is 0 Å². The van der Waals surface area contributed by atoms with Crippen molar-refractivity contribution in [3.05, 3.63) is 29.6 Å². The summed E-state index contributed by atoms with van der Waals surface area (Å²) in [6.07, 6.45) is 2.12. The third-order valence-electron chi connectivity index (χ3n) is 2.74. The lowest BCUT2D eigenvalue weighted by Crippen LogP contribution is -2.19. The Balaban J connectivity index is 2.65. The van der Waals surface area contributed by atoms with Gasteiger partial charge in [0.1, 0.15) is 5.82 Å². The van der Waals surface area contributed by atoms with Gasteiger partial charge in [-0.2, -0.15) is 0 Å². The summed E-state index contributed by atoms with van der Waals surface area (Å²) in [5.74, 6) is -0.128. The molecular weight excluding hydrogens is 215 g/mol. The Bertz CT molecular complexity index is 339. The van der Waals surface area contributed by atoms with E-state index in [-0.39, 0.29) is 5.82 Å². The van der Waals surface area contributed by atoms with Gasteiger partial charge in [-0.3, -0.25) is 0 Å². The number of anilines is 1. The monoisotopic (exact) mass is 238 g/mol. The zero-order valence-electron chi connectivity index (χ0n) is 11.1. The molecule has 1 N–H and O–H groups in total.